The molecule has 1 amide bonds. The lowest BCUT2D eigenvalue weighted by atomic mass is 10.2. The van der Waals surface area contributed by atoms with E-state index in [1.165, 1.54) is 6.21 Å². The molecule has 0 bridgehead atoms. The molecule has 7 heteroatoms. The number of carbonyl (C=O) groups is 1. The van der Waals surface area contributed by atoms with Crippen LogP contribution in [-0.2, 0) is 4.79 Å². The van der Waals surface area contributed by atoms with Crippen molar-refractivity contribution in [3.05, 3.63) is 24.8 Å². The van der Waals surface area contributed by atoms with Gasteiger partial charge in [-0.25, -0.2) is 5.43 Å². The van der Waals surface area contributed by atoms with Gasteiger partial charge in [-0.05, 0) is 62.9 Å². The number of hydrogen-bond donors (Lipinski definition) is 1. The normalized spacial score (nSPS) is 10.1. The minimum Gasteiger partial charge on any atom is -0.495 e. The van der Waals surface area contributed by atoms with Crippen LogP contribution in [0.2, 0.25) is 0 Å². The number of nitriles is 1. The first-order valence-electron chi connectivity index (χ1n) is 4.80. The van der Waals surface area contributed by atoms with E-state index in [0.717, 1.165) is 18.5 Å². The summed E-state index contributed by atoms with van der Waals surface area (Å²) in [4.78, 5) is 11.0. The SMILES string of the molecule is COc1c(I)cc(C=NNC(=O)CC#N)cc1I. The molecular weight excluding hydrogens is 460 g/mol. The van der Waals surface area contributed by atoms with E-state index in [0.29, 0.717) is 0 Å². The Balaban J connectivity index is 2.78. The van der Waals surface area contributed by atoms with Crippen molar-refractivity contribution >= 4 is 57.3 Å². The molecule has 1 aromatic carbocycles. The van der Waals surface area contributed by atoms with E-state index in [1.807, 2.05) is 12.1 Å². The van der Waals surface area contributed by atoms with Crippen molar-refractivity contribution in [2.75, 3.05) is 7.11 Å². The fourth-order valence-corrected chi connectivity index (χ4v) is 3.40. The Morgan fingerprint density at radius 2 is 2.17 bits per heavy atom. The van der Waals surface area contributed by atoms with E-state index in [9.17, 15) is 4.79 Å². The van der Waals surface area contributed by atoms with Crippen LogP contribution in [0, 0.1) is 18.5 Å². The summed E-state index contributed by atoms with van der Waals surface area (Å²) in [6.07, 6.45) is 1.33. The predicted molar refractivity (Wildman–Crippen MR) is 84.4 cm³/mol. The second-order valence-corrected chi connectivity index (χ2v) is 5.47. The van der Waals surface area contributed by atoms with Gasteiger partial charge in [0.25, 0.3) is 5.91 Å². The number of benzene rings is 1. The summed E-state index contributed by atoms with van der Waals surface area (Å²) in [6.45, 7) is 0. The average Bonchev–Trinajstić information content (AvgIpc) is 2.29. The van der Waals surface area contributed by atoms with Crippen molar-refractivity contribution in [2.24, 2.45) is 5.10 Å². The van der Waals surface area contributed by atoms with Crippen LogP contribution in [0.1, 0.15) is 12.0 Å². The lowest BCUT2D eigenvalue weighted by molar-refractivity contribution is -0.120. The maximum atomic E-state index is 11.0. The highest BCUT2D eigenvalue weighted by Crippen LogP contribution is 2.27. The number of nitrogens with zero attached hydrogens (tertiary/aromatic N) is 2. The summed E-state index contributed by atoms with van der Waals surface area (Å²) in [5.41, 5.74) is 3.12. The number of hydrogen-bond acceptors (Lipinski definition) is 4. The summed E-state index contributed by atoms with van der Waals surface area (Å²) in [7, 11) is 1.62. The van der Waals surface area contributed by atoms with Crippen LogP contribution >= 0.6 is 45.2 Å². The molecule has 1 N–H and O–H groups in total. The zero-order chi connectivity index (χ0) is 13.5. The molecule has 0 aliphatic carbocycles. The molecular formula is C11H9I2N3O2. The quantitative estimate of drug-likeness (QED) is 0.418. The molecule has 0 aliphatic heterocycles. The van der Waals surface area contributed by atoms with Crippen molar-refractivity contribution in [3.63, 3.8) is 0 Å². The number of halogens is 2. The number of carbonyl (C=O) groups excluding carboxylic acids is 1. The molecule has 0 heterocycles. The van der Waals surface area contributed by atoms with Crippen molar-refractivity contribution < 1.29 is 9.53 Å². The van der Waals surface area contributed by atoms with Crippen LogP contribution in [0.3, 0.4) is 0 Å². The highest BCUT2D eigenvalue weighted by Gasteiger charge is 2.06. The molecule has 1 rings (SSSR count). The van der Waals surface area contributed by atoms with Gasteiger partial charge in [-0.1, -0.05) is 0 Å². The highest BCUT2D eigenvalue weighted by atomic mass is 127. The molecule has 5 nitrogen and oxygen atoms in total. The second-order valence-electron chi connectivity index (χ2n) is 3.15. The molecule has 0 aliphatic rings. The zero-order valence-corrected chi connectivity index (χ0v) is 13.7. The van der Waals surface area contributed by atoms with Gasteiger partial charge in [-0.15, -0.1) is 0 Å². The summed E-state index contributed by atoms with van der Waals surface area (Å²) in [6, 6.07) is 5.53. The number of hydrazone groups is 1. The smallest absolute Gasteiger partial charge is 0.254 e. The number of ether oxygens (including phenoxy) is 1. The molecule has 94 valence electrons. The Kier molecular flexibility index (Phi) is 6.34. The van der Waals surface area contributed by atoms with Crippen LogP contribution in [0.4, 0.5) is 0 Å². The average molecular weight is 469 g/mol. The second kappa shape index (κ2) is 7.52. The molecule has 0 radical (unpaired) electrons. The van der Waals surface area contributed by atoms with E-state index >= 15 is 0 Å². The lowest BCUT2D eigenvalue weighted by Gasteiger charge is -2.06. The van der Waals surface area contributed by atoms with Crippen molar-refractivity contribution in [2.45, 2.75) is 6.42 Å². The van der Waals surface area contributed by atoms with Gasteiger partial charge in [0.1, 0.15) is 12.2 Å². The predicted octanol–water partition coefficient (Wildman–Crippen LogP) is 2.27. The van der Waals surface area contributed by atoms with Crippen molar-refractivity contribution in [3.8, 4) is 11.8 Å². The molecule has 0 fully saturated rings. The van der Waals surface area contributed by atoms with Gasteiger partial charge in [-0.2, -0.15) is 10.4 Å². The molecule has 0 unspecified atom stereocenters. The van der Waals surface area contributed by atoms with E-state index in [4.69, 9.17) is 10.00 Å². The minimum absolute atomic E-state index is 0.199. The monoisotopic (exact) mass is 469 g/mol. The third kappa shape index (κ3) is 4.41. The Hall–Kier alpha value is -0.890. The molecule has 1 aromatic rings. The molecule has 0 spiro atoms. The number of amides is 1. The van der Waals surface area contributed by atoms with Gasteiger partial charge in [0, 0.05) is 0 Å². The van der Waals surface area contributed by atoms with E-state index in [1.54, 1.807) is 13.2 Å². The number of nitrogens with one attached hydrogen (secondary N) is 1. The molecule has 18 heavy (non-hydrogen) atoms. The van der Waals surface area contributed by atoms with Crippen LogP contribution in [0.5, 0.6) is 5.75 Å². The van der Waals surface area contributed by atoms with Crippen molar-refractivity contribution in [1.29, 1.82) is 5.26 Å². The first-order valence-corrected chi connectivity index (χ1v) is 6.96. The fraction of sp³-hybridized carbons (Fsp3) is 0.182. The van der Waals surface area contributed by atoms with E-state index < -0.39 is 5.91 Å². The van der Waals surface area contributed by atoms with Gasteiger partial charge >= 0.3 is 0 Å². The largest absolute Gasteiger partial charge is 0.495 e. The van der Waals surface area contributed by atoms with Crippen LogP contribution in [-0.4, -0.2) is 19.2 Å². The van der Waals surface area contributed by atoms with Gasteiger partial charge < -0.3 is 4.74 Å². The van der Waals surface area contributed by atoms with Gasteiger partial charge in [-0.3, -0.25) is 4.79 Å². The van der Waals surface area contributed by atoms with Crippen molar-refractivity contribution in [1.82, 2.24) is 5.43 Å². The van der Waals surface area contributed by atoms with Gasteiger partial charge in [0.05, 0.1) is 26.5 Å². The first kappa shape index (κ1) is 15.2. The molecule has 0 saturated carbocycles. The van der Waals surface area contributed by atoms with E-state index in [2.05, 4.69) is 55.7 Å². The van der Waals surface area contributed by atoms with E-state index in [-0.39, 0.29) is 6.42 Å². The van der Waals surface area contributed by atoms with Gasteiger partial charge in [0.15, 0.2) is 0 Å². The maximum absolute atomic E-state index is 11.0. The van der Waals surface area contributed by atoms with Crippen LogP contribution in [0.25, 0.3) is 0 Å². The lowest BCUT2D eigenvalue weighted by Crippen LogP contribution is -2.16. The number of rotatable bonds is 4. The summed E-state index contributed by atoms with van der Waals surface area (Å²) in [5, 5.41) is 12.1. The third-order valence-corrected chi connectivity index (χ3v) is 3.47. The van der Waals surface area contributed by atoms with Gasteiger partial charge in [0.2, 0.25) is 0 Å². The summed E-state index contributed by atoms with van der Waals surface area (Å²) < 4.78 is 7.17. The molecule has 0 atom stereocenters. The van der Waals surface area contributed by atoms with Crippen LogP contribution in [0.15, 0.2) is 17.2 Å². The Bertz CT molecular complexity index is 501. The first-order chi connectivity index (χ1) is 8.58. The summed E-state index contributed by atoms with van der Waals surface area (Å²) in [5.74, 6) is 0.397. The Morgan fingerprint density at radius 3 is 2.67 bits per heavy atom. The Morgan fingerprint density at radius 1 is 1.56 bits per heavy atom. The maximum Gasteiger partial charge on any atom is 0.254 e. The highest BCUT2D eigenvalue weighted by molar-refractivity contribution is 14.1. The topological polar surface area (TPSA) is 74.5 Å². The minimum atomic E-state index is -0.424. The fourth-order valence-electron chi connectivity index (χ4n) is 1.14. The zero-order valence-electron chi connectivity index (χ0n) is 9.41. The molecule has 0 saturated heterocycles. The standard InChI is InChI=1S/C11H9I2N3O2/c1-18-11-8(12)4-7(5-9(11)13)6-15-16-10(17)2-3-14/h4-6H,2H2,1H3,(H,16,17). The third-order valence-electron chi connectivity index (χ3n) is 1.87. The molecule has 0 aromatic heterocycles. The Labute approximate surface area is 132 Å². The number of methoxy groups -OCH3 is 1. The van der Waals surface area contributed by atoms with Crippen LogP contribution < -0.4 is 10.2 Å². The summed E-state index contributed by atoms with van der Waals surface area (Å²) >= 11 is 4.34.